The molecule has 0 aromatic carbocycles. The van der Waals surface area contributed by atoms with Gasteiger partial charge in [-0.05, 0) is 49.8 Å². The number of aryl methyl sites for hydroxylation is 2. The Morgan fingerprint density at radius 3 is 2.81 bits per heavy atom. The highest BCUT2D eigenvalue weighted by molar-refractivity contribution is 5.04. The summed E-state index contributed by atoms with van der Waals surface area (Å²) in [7, 11) is 1.94. The van der Waals surface area contributed by atoms with Gasteiger partial charge in [0.1, 0.15) is 0 Å². The Hall–Kier alpha value is -0.870. The van der Waals surface area contributed by atoms with E-state index >= 15 is 0 Å². The quantitative estimate of drug-likeness (QED) is 0.790. The Morgan fingerprint density at radius 1 is 1.50 bits per heavy atom. The van der Waals surface area contributed by atoms with Gasteiger partial charge in [0.05, 0.1) is 6.20 Å². The van der Waals surface area contributed by atoms with Crippen LogP contribution >= 0.6 is 0 Å². The van der Waals surface area contributed by atoms with E-state index in [2.05, 4.69) is 16.6 Å². The van der Waals surface area contributed by atoms with E-state index in [4.69, 9.17) is 0 Å². The molecule has 16 heavy (non-hydrogen) atoms. The van der Waals surface area contributed by atoms with Crippen LogP contribution < -0.4 is 5.32 Å². The van der Waals surface area contributed by atoms with Crippen LogP contribution in [0.25, 0.3) is 0 Å². The van der Waals surface area contributed by atoms with Crippen molar-refractivity contribution in [3.63, 3.8) is 0 Å². The fourth-order valence-corrected chi connectivity index (χ4v) is 2.45. The van der Waals surface area contributed by atoms with Gasteiger partial charge in [-0.2, -0.15) is 5.10 Å². The Bertz CT molecular complexity index is 329. The molecule has 1 fully saturated rings. The fourth-order valence-electron chi connectivity index (χ4n) is 2.45. The molecule has 0 radical (unpaired) electrons. The van der Waals surface area contributed by atoms with E-state index in [-0.39, 0.29) is 5.41 Å². The van der Waals surface area contributed by atoms with Crippen LogP contribution in [0.4, 0.5) is 0 Å². The number of aliphatic hydroxyl groups is 1. The SMILES string of the molecule is Cn1cc(CCC2(CO)CCNCC2)cn1. The third kappa shape index (κ3) is 2.62. The van der Waals surface area contributed by atoms with Crippen molar-refractivity contribution in [2.75, 3.05) is 19.7 Å². The van der Waals surface area contributed by atoms with E-state index in [0.717, 1.165) is 38.8 Å². The van der Waals surface area contributed by atoms with Crippen LogP contribution in [0.5, 0.6) is 0 Å². The average molecular weight is 223 g/mol. The monoisotopic (exact) mass is 223 g/mol. The first kappa shape index (κ1) is 11.6. The smallest absolute Gasteiger partial charge is 0.0521 e. The number of nitrogens with one attached hydrogen (secondary N) is 1. The summed E-state index contributed by atoms with van der Waals surface area (Å²) in [6.07, 6.45) is 8.25. The number of hydrogen-bond acceptors (Lipinski definition) is 3. The first-order chi connectivity index (χ1) is 7.74. The van der Waals surface area contributed by atoms with Crippen LogP contribution in [0.15, 0.2) is 12.4 Å². The largest absolute Gasteiger partial charge is 0.396 e. The van der Waals surface area contributed by atoms with Crippen LogP contribution in [0.2, 0.25) is 0 Å². The van der Waals surface area contributed by atoms with Crippen LogP contribution in [0.1, 0.15) is 24.8 Å². The number of aliphatic hydroxyl groups excluding tert-OH is 1. The van der Waals surface area contributed by atoms with E-state index in [1.165, 1.54) is 5.56 Å². The zero-order valence-electron chi connectivity index (χ0n) is 9.95. The van der Waals surface area contributed by atoms with E-state index in [9.17, 15) is 5.11 Å². The van der Waals surface area contributed by atoms with Crippen molar-refractivity contribution < 1.29 is 5.11 Å². The molecule has 0 amide bonds. The van der Waals surface area contributed by atoms with Gasteiger partial charge in [0, 0.05) is 19.9 Å². The molecular formula is C12H21N3O. The second kappa shape index (κ2) is 4.97. The molecule has 1 saturated heterocycles. The van der Waals surface area contributed by atoms with Crippen molar-refractivity contribution in [1.82, 2.24) is 15.1 Å². The van der Waals surface area contributed by atoms with E-state index in [1.807, 2.05) is 17.9 Å². The summed E-state index contributed by atoms with van der Waals surface area (Å²) in [5.41, 5.74) is 1.41. The predicted octanol–water partition coefficient (Wildman–Crippen LogP) is 0.715. The van der Waals surface area contributed by atoms with Crippen molar-refractivity contribution in [3.05, 3.63) is 18.0 Å². The minimum absolute atomic E-state index is 0.140. The van der Waals surface area contributed by atoms with Gasteiger partial charge in [-0.3, -0.25) is 4.68 Å². The third-order valence-corrected chi connectivity index (χ3v) is 3.70. The molecule has 0 spiro atoms. The van der Waals surface area contributed by atoms with Crippen molar-refractivity contribution in [1.29, 1.82) is 0 Å². The molecule has 1 aliphatic rings. The second-order valence-electron chi connectivity index (χ2n) is 4.93. The topological polar surface area (TPSA) is 50.1 Å². The molecule has 2 N–H and O–H groups in total. The molecule has 2 rings (SSSR count). The van der Waals surface area contributed by atoms with Crippen LogP contribution in [-0.2, 0) is 13.5 Å². The maximum Gasteiger partial charge on any atom is 0.0521 e. The van der Waals surface area contributed by atoms with Gasteiger partial charge >= 0.3 is 0 Å². The summed E-state index contributed by atoms with van der Waals surface area (Å²) < 4.78 is 1.84. The summed E-state index contributed by atoms with van der Waals surface area (Å²) in [5.74, 6) is 0. The fraction of sp³-hybridized carbons (Fsp3) is 0.750. The van der Waals surface area contributed by atoms with Gasteiger partial charge in [-0.25, -0.2) is 0 Å². The molecule has 1 aliphatic heterocycles. The minimum atomic E-state index is 0.140. The minimum Gasteiger partial charge on any atom is -0.396 e. The number of aromatic nitrogens is 2. The zero-order valence-corrected chi connectivity index (χ0v) is 9.95. The van der Waals surface area contributed by atoms with Gasteiger partial charge in [0.2, 0.25) is 0 Å². The Balaban J connectivity index is 1.91. The normalized spacial score (nSPS) is 19.9. The standard InChI is InChI=1S/C12H21N3O/c1-15-9-11(8-14-15)2-3-12(10-16)4-6-13-7-5-12/h8-9,13,16H,2-7,10H2,1H3. The van der Waals surface area contributed by atoms with Crippen LogP contribution in [0.3, 0.4) is 0 Å². The maximum atomic E-state index is 9.58. The van der Waals surface area contributed by atoms with Crippen LogP contribution in [0, 0.1) is 5.41 Å². The number of rotatable bonds is 4. The maximum absolute atomic E-state index is 9.58. The highest BCUT2D eigenvalue weighted by Crippen LogP contribution is 2.33. The molecule has 1 aromatic heterocycles. The number of piperidine rings is 1. The van der Waals surface area contributed by atoms with Crippen molar-refractivity contribution in [2.24, 2.45) is 12.5 Å². The van der Waals surface area contributed by atoms with E-state index < -0.39 is 0 Å². The van der Waals surface area contributed by atoms with Gasteiger partial charge in [0.15, 0.2) is 0 Å². The highest BCUT2D eigenvalue weighted by atomic mass is 16.3. The molecule has 0 unspecified atom stereocenters. The molecule has 2 heterocycles. The summed E-state index contributed by atoms with van der Waals surface area (Å²) in [6.45, 7) is 2.39. The summed E-state index contributed by atoms with van der Waals surface area (Å²) in [4.78, 5) is 0. The van der Waals surface area contributed by atoms with Crippen molar-refractivity contribution in [2.45, 2.75) is 25.7 Å². The van der Waals surface area contributed by atoms with Crippen LogP contribution in [-0.4, -0.2) is 34.6 Å². The van der Waals surface area contributed by atoms with Gasteiger partial charge in [-0.15, -0.1) is 0 Å². The first-order valence-electron chi connectivity index (χ1n) is 6.03. The predicted molar refractivity (Wildman–Crippen MR) is 63.2 cm³/mol. The summed E-state index contributed by atoms with van der Waals surface area (Å²) >= 11 is 0. The lowest BCUT2D eigenvalue weighted by Gasteiger charge is -2.36. The molecule has 4 nitrogen and oxygen atoms in total. The first-order valence-corrected chi connectivity index (χ1v) is 6.03. The molecule has 0 saturated carbocycles. The Morgan fingerprint density at radius 2 is 2.25 bits per heavy atom. The Kier molecular flexibility index (Phi) is 3.61. The molecule has 0 atom stereocenters. The molecule has 4 heteroatoms. The van der Waals surface area contributed by atoms with E-state index in [1.54, 1.807) is 0 Å². The average Bonchev–Trinajstić information content (AvgIpc) is 2.74. The van der Waals surface area contributed by atoms with Crippen molar-refractivity contribution >= 4 is 0 Å². The number of hydrogen-bond donors (Lipinski definition) is 2. The molecule has 0 bridgehead atoms. The van der Waals surface area contributed by atoms with Gasteiger partial charge in [-0.1, -0.05) is 0 Å². The molecule has 90 valence electrons. The second-order valence-corrected chi connectivity index (χ2v) is 4.93. The van der Waals surface area contributed by atoms with Crippen molar-refractivity contribution in [3.8, 4) is 0 Å². The lowest BCUT2D eigenvalue weighted by Crippen LogP contribution is -2.39. The van der Waals surface area contributed by atoms with E-state index in [0.29, 0.717) is 6.61 Å². The summed E-state index contributed by atoms with van der Waals surface area (Å²) in [5, 5.41) is 17.1. The highest BCUT2D eigenvalue weighted by Gasteiger charge is 2.30. The van der Waals surface area contributed by atoms with Gasteiger partial charge < -0.3 is 10.4 Å². The third-order valence-electron chi connectivity index (χ3n) is 3.70. The molecular weight excluding hydrogens is 202 g/mol. The zero-order chi connectivity index (χ0) is 11.4. The lowest BCUT2D eigenvalue weighted by atomic mass is 9.75. The Labute approximate surface area is 96.7 Å². The molecule has 1 aromatic rings. The molecule has 0 aliphatic carbocycles. The summed E-state index contributed by atoms with van der Waals surface area (Å²) in [6, 6.07) is 0. The number of nitrogens with zero attached hydrogens (tertiary/aromatic N) is 2. The van der Waals surface area contributed by atoms with Gasteiger partial charge in [0.25, 0.3) is 0 Å². The lowest BCUT2D eigenvalue weighted by molar-refractivity contribution is 0.0806.